The van der Waals surface area contributed by atoms with Crippen molar-refractivity contribution in [3.8, 4) is 0 Å². The van der Waals surface area contributed by atoms with Crippen LogP contribution in [0.4, 0.5) is 0 Å². The third-order valence-corrected chi connectivity index (χ3v) is 4.50. The maximum absolute atomic E-state index is 11.3. The summed E-state index contributed by atoms with van der Waals surface area (Å²) in [5, 5.41) is 0. The maximum atomic E-state index is 11.3. The summed E-state index contributed by atoms with van der Waals surface area (Å²) >= 11 is 0. The molecule has 0 N–H and O–H groups in total. The van der Waals surface area contributed by atoms with Crippen molar-refractivity contribution in [2.75, 3.05) is 0 Å². The largest absolute Gasteiger partial charge is 0.261 e. The van der Waals surface area contributed by atoms with Crippen LogP contribution in [0.2, 0.25) is 0 Å². The lowest BCUT2D eigenvalue weighted by molar-refractivity contribution is 0.609. The van der Waals surface area contributed by atoms with Crippen LogP contribution in [0.15, 0.2) is 23.1 Å². The van der Waals surface area contributed by atoms with E-state index < -0.39 is 9.05 Å². The van der Waals surface area contributed by atoms with Crippen molar-refractivity contribution < 1.29 is 8.42 Å². The third-order valence-electron chi connectivity index (χ3n) is 3.15. The molecule has 0 atom stereocenters. The first-order valence-electron chi connectivity index (χ1n) is 5.78. The van der Waals surface area contributed by atoms with Crippen molar-refractivity contribution in [3.63, 3.8) is 0 Å². The summed E-state index contributed by atoms with van der Waals surface area (Å²) in [5.74, 6) is 0. The molecular formula is C12H11ClN2O2S. The number of hydrogen-bond donors (Lipinski definition) is 0. The molecule has 4 nitrogen and oxygen atoms in total. The van der Waals surface area contributed by atoms with Crippen LogP contribution in [0.3, 0.4) is 0 Å². The molecule has 2 aromatic rings. The zero-order valence-electron chi connectivity index (χ0n) is 9.56. The van der Waals surface area contributed by atoms with Crippen LogP contribution in [0.1, 0.15) is 24.2 Å². The number of aryl methyl sites for hydroxylation is 2. The third kappa shape index (κ3) is 2.08. The average molecular weight is 283 g/mol. The van der Waals surface area contributed by atoms with Gasteiger partial charge >= 0.3 is 0 Å². The molecule has 0 fully saturated rings. The van der Waals surface area contributed by atoms with Crippen LogP contribution >= 0.6 is 10.7 Å². The lowest BCUT2D eigenvalue weighted by atomic mass is 10.0. The van der Waals surface area contributed by atoms with Crippen molar-refractivity contribution in [3.05, 3.63) is 29.6 Å². The van der Waals surface area contributed by atoms with Gasteiger partial charge in [0.15, 0.2) is 0 Å². The van der Waals surface area contributed by atoms with Crippen molar-refractivity contribution in [1.82, 2.24) is 9.97 Å². The molecule has 0 saturated carbocycles. The Morgan fingerprint density at radius 1 is 1.00 bits per heavy atom. The van der Waals surface area contributed by atoms with E-state index in [1.807, 2.05) is 0 Å². The molecule has 94 valence electrons. The summed E-state index contributed by atoms with van der Waals surface area (Å²) in [6.45, 7) is 0. The number of halogens is 1. The first kappa shape index (κ1) is 11.9. The lowest BCUT2D eigenvalue weighted by Gasteiger charge is -2.14. The molecule has 1 aliphatic rings. The molecule has 0 amide bonds. The van der Waals surface area contributed by atoms with Crippen LogP contribution in [-0.4, -0.2) is 18.4 Å². The predicted octanol–water partition coefficient (Wildman–Crippen LogP) is 2.44. The number of nitrogens with zero attached hydrogens (tertiary/aromatic N) is 2. The molecule has 1 aliphatic carbocycles. The highest BCUT2D eigenvalue weighted by molar-refractivity contribution is 8.13. The second kappa shape index (κ2) is 4.17. The normalized spacial score (nSPS) is 15.6. The zero-order chi connectivity index (χ0) is 12.8. The summed E-state index contributed by atoms with van der Waals surface area (Å²) in [7, 11) is 1.62. The van der Waals surface area contributed by atoms with Crippen molar-refractivity contribution in [2.45, 2.75) is 30.6 Å². The van der Waals surface area contributed by atoms with Gasteiger partial charge in [-0.3, -0.25) is 0 Å². The Morgan fingerprint density at radius 2 is 1.61 bits per heavy atom. The molecule has 0 spiro atoms. The Bertz CT molecular complexity index is 728. The highest BCUT2D eigenvalue weighted by atomic mass is 35.7. The molecule has 0 unspecified atom stereocenters. The quantitative estimate of drug-likeness (QED) is 0.754. The van der Waals surface area contributed by atoms with E-state index in [4.69, 9.17) is 10.7 Å². The fourth-order valence-corrected chi connectivity index (χ4v) is 3.02. The van der Waals surface area contributed by atoms with Gasteiger partial charge in [-0.1, -0.05) is 0 Å². The predicted molar refractivity (Wildman–Crippen MR) is 69.2 cm³/mol. The molecule has 6 heteroatoms. The zero-order valence-corrected chi connectivity index (χ0v) is 11.1. The molecule has 18 heavy (non-hydrogen) atoms. The second-order valence-electron chi connectivity index (χ2n) is 4.41. The van der Waals surface area contributed by atoms with Crippen LogP contribution in [0.5, 0.6) is 0 Å². The summed E-state index contributed by atoms with van der Waals surface area (Å²) in [4.78, 5) is 9.11. The first-order chi connectivity index (χ1) is 8.54. The Hall–Kier alpha value is -1.20. The summed E-state index contributed by atoms with van der Waals surface area (Å²) in [5.41, 5.74) is 3.34. The number of rotatable bonds is 1. The van der Waals surface area contributed by atoms with E-state index in [1.165, 1.54) is 12.1 Å². The van der Waals surface area contributed by atoms with Gasteiger partial charge in [0.2, 0.25) is 0 Å². The SMILES string of the molecule is O=S(=O)(Cl)c1ccc2nc3c(nc2c1)CCCC3. The molecule has 1 aromatic heterocycles. The van der Waals surface area contributed by atoms with Crippen LogP contribution < -0.4 is 0 Å². The van der Waals surface area contributed by atoms with Crippen molar-refractivity contribution >= 4 is 30.8 Å². The summed E-state index contributed by atoms with van der Waals surface area (Å²) in [6, 6.07) is 4.61. The minimum absolute atomic E-state index is 0.0710. The highest BCUT2D eigenvalue weighted by Gasteiger charge is 2.15. The highest BCUT2D eigenvalue weighted by Crippen LogP contribution is 2.24. The molecule has 3 rings (SSSR count). The van der Waals surface area contributed by atoms with E-state index in [9.17, 15) is 8.42 Å². The smallest absolute Gasteiger partial charge is 0.249 e. The van der Waals surface area contributed by atoms with Crippen LogP contribution in [-0.2, 0) is 21.9 Å². The van der Waals surface area contributed by atoms with E-state index in [1.54, 1.807) is 6.07 Å². The second-order valence-corrected chi connectivity index (χ2v) is 6.98. The van der Waals surface area contributed by atoms with Gasteiger partial charge in [0, 0.05) is 10.7 Å². The monoisotopic (exact) mass is 282 g/mol. The number of fused-ring (bicyclic) bond motifs is 2. The number of benzene rings is 1. The molecule has 0 aliphatic heterocycles. The number of aromatic nitrogens is 2. The Kier molecular flexibility index (Phi) is 2.75. The van der Waals surface area contributed by atoms with Gasteiger partial charge in [-0.15, -0.1) is 0 Å². The maximum Gasteiger partial charge on any atom is 0.261 e. The minimum atomic E-state index is -3.71. The summed E-state index contributed by atoms with van der Waals surface area (Å²) in [6.07, 6.45) is 4.12. The van der Waals surface area contributed by atoms with E-state index in [2.05, 4.69) is 9.97 Å². The van der Waals surface area contributed by atoms with E-state index in [0.717, 1.165) is 42.6 Å². The van der Waals surface area contributed by atoms with Gasteiger partial charge in [0.1, 0.15) is 0 Å². The van der Waals surface area contributed by atoms with Crippen LogP contribution in [0.25, 0.3) is 11.0 Å². The van der Waals surface area contributed by atoms with Crippen molar-refractivity contribution in [1.29, 1.82) is 0 Å². The Morgan fingerprint density at radius 3 is 2.22 bits per heavy atom. The van der Waals surface area contributed by atoms with Gasteiger partial charge in [0.25, 0.3) is 9.05 Å². The van der Waals surface area contributed by atoms with E-state index in [-0.39, 0.29) is 4.90 Å². The van der Waals surface area contributed by atoms with E-state index >= 15 is 0 Å². The standard InChI is InChI=1S/C12H11ClN2O2S/c13-18(16,17)8-5-6-11-12(7-8)15-10-4-2-1-3-9(10)14-11/h5-7H,1-4H2. The topological polar surface area (TPSA) is 59.9 Å². The van der Waals surface area contributed by atoms with Crippen molar-refractivity contribution in [2.24, 2.45) is 0 Å². The van der Waals surface area contributed by atoms with Gasteiger partial charge in [-0.2, -0.15) is 0 Å². The fourth-order valence-electron chi connectivity index (χ4n) is 2.24. The Balaban J connectivity index is 2.22. The molecule has 0 saturated heterocycles. The molecule has 1 heterocycles. The van der Waals surface area contributed by atoms with Gasteiger partial charge < -0.3 is 0 Å². The van der Waals surface area contributed by atoms with Gasteiger partial charge in [-0.25, -0.2) is 18.4 Å². The fraction of sp³-hybridized carbons (Fsp3) is 0.333. The molecular weight excluding hydrogens is 272 g/mol. The van der Waals surface area contributed by atoms with Gasteiger partial charge in [-0.05, 0) is 43.9 Å². The Labute approximate surface area is 109 Å². The van der Waals surface area contributed by atoms with Crippen LogP contribution in [0, 0.1) is 0 Å². The van der Waals surface area contributed by atoms with E-state index in [0.29, 0.717) is 5.52 Å². The molecule has 0 bridgehead atoms. The molecule has 0 radical (unpaired) electrons. The minimum Gasteiger partial charge on any atom is -0.249 e. The average Bonchev–Trinajstić information content (AvgIpc) is 2.34. The lowest BCUT2D eigenvalue weighted by Crippen LogP contribution is -2.08. The molecule has 1 aromatic carbocycles. The summed E-state index contributed by atoms with van der Waals surface area (Å²) < 4.78 is 22.6. The number of hydrogen-bond acceptors (Lipinski definition) is 4. The first-order valence-corrected chi connectivity index (χ1v) is 8.09. The van der Waals surface area contributed by atoms with Gasteiger partial charge in [0.05, 0.1) is 27.3 Å².